The van der Waals surface area contributed by atoms with Crippen molar-refractivity contribution in [3.8, 4) is 16.5 Å². The van der Waals surface area contributed by atoms with Gasteiger partial charge in [0, 0.05) is 7.05 Å². The Morgan fingerprint density at radius 2 is 2.17 bits per heavy atom. The number of thiophene rings is 1. The average molecular weight is 260 g/mol. The first-order valence-corrected chi connectivity index (χ1v) is 6.36. The van der Waals surface area contributed by atoms with Crippen molar-refractivity contribution < 1.29 is 4.74 Å². The molecule has 0 atom stereocenters. The molecule has 0 aliphatic carbocycles. The van der Waals surface area contributed by atoms with Gasteiger partial charge in [-0.25, -0.2) is 9.97 Å². The molecule has 2 N–H and O–H groups in total. The van der Waals surface area contributed by atoms with Gasteiger partial charge in [0.15, 0.2) is 11.5 Å². The monoisotopic (exact) mass is 260 g/mol. The van der Waals surface area contributed by atoms with Gasteiger partial charge in [-0.05, 0) is 23.6 Å². The summed E-state index contributed by atoms with van der Waals surface area (Å²) in [5.74, 6) is 2.42. The van der Waals surface area contributed by atoms with Crippen molar-refractivity contribution in [2.45, 2.75) is 0 Å². The molecule has 0 unspecified atom stereocenters. The van der Waals surface area contributed by atoms with E-state index in [0.717, 1.165) is 27.8 Å². The smallest absolute Gasteiger partial charge is 0.180 e. The van der Waals surface area contributed by atoms with Crippen LogP contribution in [0, 0.1) is 0 Å². The molecule has 6 heteroatoms. The molecular formula is C12H12N4OS. The number of imidazole rings is 1. The van der Waals surface area contributed by atoms with E-state index in [1.165, 1.54) is 0 Å². The predicted octanol–water partition coefficient (Wildman–Crippen LogP) is 2.74. The SMILES string of the molecule is CNc1ccc2[nH]c(-c3sccc3OC)nc2n1. The minimum atomic E-state index is 0.701. The lowest BCUT2D eigenvalue weighted by atomic mass is 10.4. The predicted molar refractivity (Wildman–Crippen MR) is 73.3 cm³/mol. The lowest BCUT2D eigenvalue weighted by molar-refractivity contribution is 0.418. The van der Waals surface area contributed by atoms with E-state index in [2.05, 4.69) is 20.3 Å². The van der Waals surface area contributed by atoms with Gasteiger partial charge >= 0.3 is 0 Å². The zero-order chi connectivity index (χ0) is 12.5. The second-order valence-electron chi connectivity index (χ2n) is 3.72. The van der Waals surface area contributed by atoms with E-state index in [0.29, 0.717) is 5.65 Å². The highest BCUT2D eigenvalue weighted by Crippen LogP contribution is 2.34. The van der Waals surface area contributed by atoms with Gasteiger partial charge in [-0.15, -0.1) is 11.3 Å². The number of rotatable bonds is 3. The number of nitrogens with zero attached hydrogens (tertiary/aromatic N) is 2. The number of hydrogen-bond donors (Lipinski definition) is 2. The highest BCUT2D eigenvalue weighted by Gasteiger charge is 2.12. The van der Waals surface area contributed by atoms with Crippen LogP contribution in [0.5, 0.6) is 5.75 Å². The summed E-state index contributed by atoms with van der Waals surface area (Å²) in [5.41, 5.74) is 1.62. The number of aromatic amines is 1. The number of anilines is 1. The molecule has 0 aromatic carbocycles. The van der Waals surface area contributed by atoms with Gasteiger partial charge in [0.05, 0.1) is 12.6 Å². The number of nitrogens with one attached hydrogen (secondary N) is 2. The van der Waals surface area contributed by atoms with Crippen LogP contribution in [-0.4, -0.2) is 29.1 Å². The van der Waals surface area contributed by atoms with E-state index in [1.807, 2.05) is 30.6 Å². The highest BCUT2D eigenvalue weighted by molar-refractivity contribution is 7.13. The Labute approximate surface area is 108 Å². The molecule has 3 aromatic heterocycles. The molecule has 3 rings (SSSR count). The van der Waals surface area contributed by atoms with E-state index >= 15 is 0 Å². The highest BCUT2D eigenvalue weighted by atomic mass is 32.1. The molecule has 0 aliphatic heterocycles. The number of hydrogen-bond acceptors (Lipinski definition) is 5. The first kappa shape index (κ1) is 11.0. The molecule has 0 fully saturated rings. The summed E-state index contributed by atoms with van der Waals surface area (Å²) in [6, 6.07) is 5.81. The maximum Gasteiger partial charge on any atom is 0.180 e. The molecule has 0 bridgehead atoms. The number of ether oxygens (including phenoxy) is 1. The Morgan fingerprint density at radius 1 is 1.28 bits per heavy atom. The maximum atomic E-state index is 5.30. The Kier molecular flexibility index (Phi) is 2.64. The molecular weight excluding hydrogens is 248 g/mol. The van der Waals surface area contributed by atoms with Crippen LogP contribution in [0.4, 0.5) is 5.82 Å². The summed E-state index contributed by atoms with van der Waals surface area (Å²) >= 11 is 1.59. The van der Waals surface area contributed by atoms with Crippen molar-refractivity contribution in [3.05, 3.63) is 23.6 Å². The number of pyridine rings is 1. The van der Waals surface area contributed by atoms with E-state index in [4.69, 9.17) is 4.74 Å². The molecule has 0 saturated heterocycles. The Balaban J connectivity index is 2.13. The summed E-state index contributed by atoms with van der Waals surface area (Å²) < 4.78 is 5.30. The van der Waals surface area contributed by atoms with Crippen molar-refractivity contribution in [2.24, 2.45) is 0 Å². The third kappa shape index (κ3) is 1.70. The largest absolute Gasteiger partial charge is 0.495 e. The Bertz CT molecular complexity index is 688. The van der Waals surface area contributed by atoms with Gasteiger partial charge in [-0.2, -0.15) is 0 Å². The molecule has 0 amide bonds. The first-order valence-electron chi connectivity index (χ1n) is 5.48. The van der Waals surface area contributed by atoms with Gasteiger partial charge < -0.3 is 15.0 Å². The fraction of sp³-hybridized carbons (Fsp3) is 0.167. The van der Waals surface area contributed by atoms with Crippen molar-refractivity contribution in [1.29, 1.82) is 0 Å². The van der Waals surface area contributed by atoms with Gasteiger partial charge in [-0.3, -0.25) is 0 Å². The minimum absolute atomic E-state index is 0.701. The molecule has 3 aromatic rings. The van der Waals surface area contributed by atoms with Crippen molar-refractivity contribution in [3.63, 3.8) is 0 Å². The standard InChI is InChI=1S/C12H12N4OS/c1-13-9-4-3-7-11(15-9)16-12(14-7)10-8(17-2)5-6-18-10/h3-6H,1-2H3,(H2,13,14,15,16). The van der Waals surface area contributed by atoms with Crippen LogP contribution in [0.15, 0.2) is 23.6 Å². The van der Waals surface area contributed by atoms with Crippen molar-refractivity contribution >= 4 is 28.3 Å². The molecule has 92 valence electrons. The third-order valence-electron chi connectivity index (χ3n) is 2.67. The molecule has 5 nitrogen and oxygen atoms in total. The van der Waals surface area contributed by atoms with Gasteiger partial charge in [0.25, 0.3) is 0 Å². The minimum Gasteiger partial charge on any atom is -0.495 e. The van der Waals surface area contributed by atoms with Crippen LogP contribution >= 0.6 is 11.3 Å². The molecule has 0 radical (unpaired) electrons. The molecule has 3 heterocycles. The van der Waals surface area contributed by atoms with Gasteiger partial charge in [0.1, 0.15) is 16.4 Å². The normalized spacial score (nSPS) is 10.8. The van der Waals surface area contributed by atoms with Crippen LogP contribution < -0.4 is 10.1 Å². The molecule has 18 heavy (non-hydrogen) atoms. The maximum absolute atomic E-state index is 5.30. The zero-order valence-electron chi connectivity index (χ0n) is 10.0. The Hall–Kier alpha value is -2.08. The summed E-state index contributed by atoms with van der Waals surface area (Å²) in [6.45, 7) is 0. The van der Waals surface area contributed by atoms with Crippen LogP contribution in [0.25, 0.3) is 21.9 Å². The molecule has 0 spiro atoms. The summed E-state index contributed by atoms with van der Waals surface area (Å²) in [4.78, 5) is 13.1. The average Bonchev–Trinajstić information content (AvgIpc) is 3.03. The van der Waals surface area contributed by atoms with Crippen molar-refractivity contribution in [1.82, 2.24) is 15.0 Å². The topological polar surface area (TPSA) is 62.8 Å². The van der Waals surface area contributed by atoms with Crippen LogP contribution in [0.2, 0.25) is 0 Å². The van der Waals surface area contributed by atoms with Crippen LogP contribution in [0.3, 0.4) is 0 Å². The fourth-order valence-corrected chi connectivity index (χ4v) is 2.57. The lowest BCUT2D eigenvalue weighted by Crippen LogP contribution is -1.91. The lowest BCUT2D eigenvalue weighted by Gasteiger charge is -1.97. The second-order valence-corrected chi connectivity index (χ2v) is 4.64. The molecule has 0 saturated carbocycles. The number of fused-ring (bicyclic) bond motifs is 1. The number of H-pyrrole nitrogens is 1. The van der Waals surface area contributed by atoms with Gasteiger partial charge in [0.2, 0.25) is 0 Å². The van der Waals surface area contributed by atoms with Crippen molar-refractivity contribution in [2.75, 3.05) is 19.5 Å². The summed E-state index contributed by atoms with van der Waals surface area (Å²) in [7, 11) is 3.50. The van der Waals surface area contributed by atoms with E-state index < -0.39 is 0 Å². The van der Waals surface area contributed by atoms with E-state index in [-0.39, 0.29) is 0 Å². The number of aromatic nitrogens is 3. The van der Waals surface area contributed by atoms with Crippen LogP contribution in [-0.2, 0) is 0 Å². The summed E-state index contributed by atoms with van der Waals surface area (Å²) in [5, 5.41) is 4.98. The van der Waals surface area contributed by atoms with Crippen LogP contribution in [0.1, 0.15) is 0 Å². The quantitative estimate of drug-likeness (QED) is 0.760. The van der Waals surface area contributed by atoms with Gasteiger partial charge in [-0.1, -0.05) is 0 Å². The zero-order valence-corrected chi connectivity index (χ0v) is 10.8. The first-order chi connectivity index (χ1) is 8.81. The second kappa shape index (κ2) is 4.30. The van der Waals surface area contributed by atoms with E-state index in [1.54, 1.807) is 18.4 Å². The van der Waals surface area contributed by atoms with E-state index in [9.17, 15) is 0 Å². The fourth-order valence-electron chi connectivity index (χ4n) is 1.77. The molecule has 0 aliphatic rings. The summed E-state index contributed by atoms with van der Waals surface area (Å²) in [6.07, 6.45) is 0. The number of methoxy groups -OCH3 is 1. The third-order valence-corrected chi connectivity index (χ3v) is 3.57. The Morgan fingerprint density at radius 3 is 2.94 bits per heavy atom.